The maximum Gasteiger partial charge on any atom is 0.410 e. The number of rotatable bonds is 6. The smallest absolute Gasteiger partial charge is 0.410 e. The summed E-state index contributed by atoms with van der Waals surface area (Å²) in [6.07, 6.45) is 8.14. The highest BCUT2D eigenvalue weighted by Crippen LogP contribution is 2.36. The number of hydrogen-bond donors (Lipinski definition) is 1. The van der Waals surface area contributed by atoms with Crippen molar-refractivity contribution in [3.63, 3.8) is 0 Å². The molecule has 4 saturated heterocycles. The van der Waals surface area contributed by atoms with Gasteiger partial charge >= 0.3 is 6.09 Å². The Hall–Kier alpha value is -3.21. The molecule has 4 fully saturated rings. The first kappa shape index (κ1) is 32.7. The lowest BCUT2D eigenvalue weighted by Gasteiger charge is -2.39. The molecule has 5 aliphatic heterocycles. The Morgan fingerprint density at radius 3 is 2.15 bits per heavy atom. The Labute approximate surface area is 271 Å². The first-order valence-corrected chi connectivity index (χ1v) is 17.4. The maximum absolute atomic E-state index is 15.8. The van der Waals surface area contributed by atoms with Crippen molar-refractivity contribution in [3.05, 3.63) is 29.1 Å². The largest absolute Gasteiger partial charge is 0.444 e. The van der Waals surface area contributed by atoms with Crippen LogP contribution in [0.4, 0.5) is 14.9 Å². The topological polar surface area (TPSA) is 102 Å². The van der Waals surface area contributed by atoms with Crippen LogP contribution in [0, 0.1) is 23.6 Å². The molecule has 5 aliphatic rings. The Balaban J connectivity index is 0.925. The van der Waals surface area contributed by atoms with Crippen LogP contribution in [0.5, 0.6) is 0 Å². The number of anilines is 1. The average molecular weight is 640 g/mol. The van der Waals surface area contributed by atoms with E-state index in [2.05, 4.69) is 15.1 Å². The van der Waals surface area contributed by atoms with Crippen LogP contribution in [0.3, 0.4) is 0 Å². The molecular formula is C35H50FN5O5. The highest BCUT2D eigenvalue weighted by molar-refractivity contribution is 6.05. The Kier molecular flexibility index (Phi) is 9.60. The van der Waals surface area contributed by atoms with Crippen molar-refractivity contribution >= 4 is 29.5 Å². The molecule has 11 heteroatoms. The van der Waals surface area contributed by atoms with Gasteiger partial charge in [-0.2, -0.15) is 0 Å². The molecule has 1 aromatic rings. The average Bonchev–Trinajstić information content (AvgIpc) is 3.35. The first-order valence-electron chi connectivity index (χ1n) is 17.4. The number of benzene rings is 1. The monoisotopic (exact) mass is 639 g/mol. The van der Waals surface area contributed by atoms with Crippen LogP contribution >= 0.6 is 0 Å². The lowest BCUT2D eigenvalue weighted by molar-refractivity contribution is -0.136. The normalized spacial score (nSPS) is 24.4. The molecular weight excluding hydrogens is 589 g/mol. The minimum absolute atomic E-state index is 0.0534. The van der Waals surface area contributed by atoms with Gasteiger partial charge in [-0.1, -0.05) is 0 Å². The molecule has 6 rings (SSSR count). The van der Waals surface area contributed by atoms with Crippen LogP contribution < -0.4 is 10.2 Å². The summed E-state index contributed by atoms with van der Waals surface area (Å²) in [4.78, 5) is 57.4. The van der Waals surface area contributed by atoms with E-state index < -0.39 is 17.6 Å². The predicted molar refractivity (Wildman–Crippen MR) is 172 cm³/mol. The van der Waals surface area contributed by atoms with Crippen molar-refractivity contribution in [1.29, 1.82) is 0 Å². The van der Waals surface area contributed by atoms with Crippen molar-refractivity contribution in [2.45, 2.75) is 96.7 Å². The second-order valence-corrected chi connectivity index (χ2v) is 15.1. The summed E-state index contributed by atoms with van der Waals surface area (Å²) < 4.78 is 21.4. The van der Waals surface area contributed by atoms with E-state index in [0.717, 1.165) is 77.4 Å². The van der Waals surface area contributed by atoms with E-state index in [9.17, 15) is 19.2 Å². The molecule has 0 spiro atoms. The van der Waals surface area contributed by atoms with Gasteiger partial charge in [0.25, 0.3) is 5.91 Å². The number of halogens is 1. The van der Waals surface area contributed by atoms with Gasteiger partial charge in [-0.15, -0.1) is 0 Å². The number of likely N-dealkylation sites (tertiary alicyclic amines) is 2. The van der Waals surface area contributed by atoms with Crippen LogP contribution in [0.15, 0.2) is 12.1 Å². The third-order valence-electron chi connectivity index (χ3n) is 10.7. The molecule has 0 bridgehead atoms. The Bertz CT molecular complexity index is 1320. The lowest BCUT2D eigenvalue weighted by Crippen LogP contribution is -2.52. The van der Waals surface area contributed by atoms with E-state index in [4.69, 9.17) is 4.74 Å². The second kappa shape index (κ2) is 13.5. The quantitative estimate of drug-likeness (QED) is 0.456. The molecule has 0 saturated carbocycles. The summed E-state index contributed by atoms with van der Waals surface area (Å²) in [5, 5.41) is 2.30. The van der Waals surface area contributed by atoms with Crippen LogP contribution in [0.2, 0.25) is 0 Å². The van der Waals surface area contributed by atoms with Crippen LogP contribution in [0.1, 0.15) is 94.5 Å². The molecule has 10 nitrogen and oxygen atoms in total. The molecule has 1 N–H and O–H groups in total. The number of carbonyl (C=O) groups excluding carboxylic acids is 4. The molecule has 0 unspecified atom stereocenters. The van der Waals surface area contributed by atoms with Gasteiger partial charge in [0.1, 0.15) is 11.6 Å². The van der Waals surface area contributed by atoms with Gasteiger partial charge in [-0.3, -0.25) is 19.7 Å². The summed E-state index contributed by atoms with van der Waals surface area (Å²) in [5.41, 5.74) is 0.751. The number of fused-ring (bicyclic) bond motifs is 1. The SMILES string of the molecule is CC(C)(C)OC(=O)N1CCC(CC2CCN(CC3CCN(c4ccc5c(c4F)CN([C@H]4CCC(=O)NC4=O)C5=O)CC3)CC2)CC1. The van der Waals surface area contributed by atoms with Gasteiger partial charge in [0.2, 0.25) is 11.8 Å². The van der Waals surface area contributed by atoms with Crippen LogP contribution in [-0.2, 0) is 20.9 Å². The van der Waals surface area contributed by atoms with E-state index in [1.165, 1.54) is 24.2 Å². The third kappa shape index (κ3) is 7.34. The van der Waals surface area contributed by atoms with E-state index in [1.54, 1.807) is 12.1 Å². The zero-order valence-electron chi connectivity index (χ0n) is 27.7. The lowest BCUT2D eigenvalue weighted by atomic mass is 9.82. The fourth-order valence-electron chi connectivity index (χ4n) is 8.11. The van der Waals surface area contributed by atoms with E-state index in [1.807, 2.05) is 25.7 Å². The number of piperidine rings is 4. The number of ether oxygens (including phenoxy) is 1. The minimum Gasteiger partial charge on any atom is -0.444 e. The van der Waals surface area contributed by atoms with Crippen molar-refractivity contribution in [1.82, 2.24) is 20.0 Å². The molecule has 5 heterocycles. The van der Waals surface area contributed by atoms with Crippen LogP contribution in [-0.4, -0.2) is 96.0 Å². The summed E-state index contributed by atoms with van der Waals surface area (Å²) in [7, 11) is 0. The summed E-state index contributed by atoms with van der Waals surface area (Å²) in [6, 6.07) is 2.67. The second-order valence-electron chi connectivity index (χ2n) is 15.1. The number of amides is 4. The number of nitrogens with zero attached hydrogens (tertiary/aromatic N) is 4. The van der Waals surface area contributed by atoms with Gasteiger partial charge < -0.3 is 24.3 Å². The Morgan fingerprint density at radius 1 is 0.891 bits per heavy atom. The minimum atomic E-state index is -0.745. The number of nitrogens with one attached hydrogen (secondary N) is 1. The summed E-state index contributed by atoms with van der Waals surface area (Å²) in [6.45, 7) is 12.3. The van der Waals surface area contributed by atoms with Gasteiger partial charge in [-0.25, -0.2) is 9.18 Å². The van der Waals surface area contributed by atoms with E-state index in [0.29, 0.717) is 28.7 Å². The fourth-order valence-corrected chi connectivity index (χ4v) is 8.11. The molecule has 252 valence electrons. The maximum atomic E-state index is 15.8. The fraction of sp³-hybridized carbons (Fsp3) is 0.714. The zero-order valence-corrected chi connectivity index (χ0v) is 27.7. The number of hydrogen-bond acceptors (Lipinski definition) is 7. The predicted octanol–water partition coefficient (Wildman–Crippen LogP) is 4.55. The van der Waals surface area contributed by atoms with Gasteiger partial charge in [0.15, 0.2) is 5.82 Å². The molecule has 0 aliphatic carbocycles. The standard InChI is InChI=1S/C35H50FN5O5/c1-35(2,3)46-34(45)40-18-10-24(11-19-40)20-23-8-14-38(15-9-23)21-25-12-16-39(17-13-25)28-5-4-26-27(31(28)36)22-41(33(26)44)29-6-7-30(42)37-32(29)43/h4-5,23-25,29H,6-22H2,1-3H3,(H,37,42,43)/t29-/m0/s1. The van der Waals surface area contributed by atoms with Crippen molar-refractivity contribution in [3.8, 4) is 0 Å². The summed E-state index contributed by atoms with van der Waals surface area (Å²) in [5.74, 6) is 0.512. The highest BCUT2D eigenvalue weighted by atomic mass is 19.1. The molecule has 46 heavy (non-hydrogen) atoms. The third-order valence-corrected chi connectivity index (χ3v) is 10.7. The van der Waals surface area contributed by atoms with E-state index in [-0.39, 0.29) is 43.1 Å². The molecule has 0 radical (unpaired) electrons. The van der Waals surface area contributed by atoms with Gasteiger partial charge in [0.05, 0.1) is 12.2 Å². The van der Waals surface area contributed by atoms with E-state index >= 15 is 4.39 Å². The molecule has 1 aromatic carbocycles. The highest BCUT2D eigenvalue weighted by Gasteiger charge is 2.41. The zero-order chi connectivity index (χ0) is 32.6. The van der Waals surface area contributed by atoms with Crippen molar-refractivity contribution < 1.29 is 28.3 Å². The number of imide groups is 1. The molecule has 1 atom stereocenters. The first-order chi connectivity index (χ1) is 21.9. The van der Waals surface area contributed by atoms with Gasteiger partial charge in [0, 0.05) is 50.3 Å². The van der Waals surface area contributed by atoms with Crippen LogP contribution in [0.25, 0.3) is 0 Å². The molecule has 4 amide bonds. The summed E-state index contributed by atoms with van der Waals surface area (Å²) >= 11 is 0. The van der Waals surface area contributed by atoms with Crippen molar-refractivity contribution in [2.24, 2.45) is 17.8 Å². The number of carbonyl (C=O) groups is 4. The molecule has 0 aromatic heterocycles. The Morgan fingerprint density at radius 2 is 1.52 bits per heavy atom. The van der Waals surface area contributed by atoms with Gasteiger partial charge in [-0.05, 0) is 115 Å². The van der Waals surface area contributed by atoms with Crippen molar-refractivity contribution in [2.75, 3.05) is 50.7 Å².